The average molecular weight is 422 g/mol. The quantitative estimate of drug-likeness (QED) is 0.571. The zero-order chi connectivity index (χ0) is 21.6. The van der Waals surface area contributed by atoms with E-state index < -0.39 is 0 Å². The maximum Gasteiger partial charge on any atom is 0.227 e. The van der Waals surface area contributed by atoms with Gasteiger partial charge in [-0.3, -0.25) is 9.69 Å². The molecule has 4 rings (SSSR count). The SMILES string of the molecule is COc1ccc(CC(=O)N2CCN(Cc3nnnn3-c3ccc(OC)cc3)CC2)cc1. The number of rotatable bonds is 7. The number of methoxy groups -OCH3 is 2. The summed E-state index contributed by atoms with van der Waals surface area (Å²) in [7, 11) is 3.27. The molecule has 1 aromatic heterocycles. The van der Waals surface area contributed by atoms with E-state index in [2.05, 4.69) is 20.4 Å². The van der Waals surface area contributed by atoms with E-state index in [4.69, 9.17) is 9.47 Å². The van der Waals surface area contributed by atoms with Crippen LogP contribution in [0, 0.1) is 0 Å². The first kappa shape index (κ1) is 20.8. The summed E-state index contributed by atoms with van der Waals surface area (Å²) < 4.78 is 12.1. The summed E-state index contributed by atoms with van der Waals surface area (Å²) in [5, 5.41) is 12.2. The number of carbonyl (C=O) groups is 1. The van der Waals surface area contributed by atoms with Crippen molar-refractivity contribution in [2.45, 2.75) is 13.0 Å². The summed E-state index contributed by atoms with van der Waals surface area (Å²) in [6.45, 7) is 3.57. The van der Waals surface area contributed by atoms with Crippen molar-refractivity contribution in [2.24, 2.45) is 0 Å². The van der Waals surface area contributed by atoms with Gasteiger partial charge in [-0.1, -0.05) is 12.1 Å². The maximum absolute atomic E-state index is 12.7. The number of tetrazole rings is 1. The number of hydrogen-bond acceptors (Lipinski definition) is 7. The molecule has 0 saturated carbocycles. The Morgan fingerprint density at radius 3 is 2.13 bits per heavy atom. The molecule has 0 unspecified atom stereocenters. The van der Waals surface area contributed by atoms with Crippen molar-refractivity contribution in [3.63, 3.8) is 0 Å². The maximum atomic E-state index is 12.7. The zero-order valence-electron chi connectivity index (χ0n) is 17.8. The van der Waals surface area contributed by atoms with E-state index in [1.54, 1.807) is 18.9 Å². The third-order valence-corrected chi connectivity index (χ3v) is 5.46. The summed E-state index contributed by atoms with van der Waals surface area (Å²) in [5.41, 5.74) is 1.88. The van der Waals surface area contributed by atoms with Crippen molar-refractivity contribution in [2.75, 3.05) is 40.4 Å². The normalized spacial score (nSPS) is 14.5. The number of amides is 1. The van der Waals surface area contributed by atoms with E-state index in [1.165, 1.54) is 0 Å². The molecule has 0 aliphatic carbocycles. The van der Waals surface area contributed by atoms with Crippen LogP contribution in [-0.4, -0.2) is 76.3 Å². The van der Waals surface area contributed by atoms with E-state index in [0.29, 0.717) is 26.1 Å². The number of aromatic nitrogens is 4. The molecule has 1 aliphatic heterocycles. The largest absolute Gasteiger partial charge is 0.497 e. The molecule has 0 atom stereocenters. The molecule has 0 N–H and O–H groups in total. The van der Waals surface area contributed by atoms with E-state index in [1.807, 2.05) is 53.4 Å². The molecule has 1 saturated heterocycles. The van der Waals surface area contributed by atoms with Gasteiger partial charge in [0, 0.05) is 26.2 Å². The Labute approximate surface area is 181 Å². The molecule has 3 aromatic rings. The monoisotopic (exact) mass is 422 g/mol. The number of piperazine rings is 1. The summed E-state index contributed by atoms with van der Waals surface area (Å²) in [6, 6.07) is 15.3. The highest BCUT2D eigenvalue weighted by Crippen LogP contribution is 2.17. The average Bonchev–Trinajstić information content (AvgIpc) is 3.28. The summed E-state index contributed by atoms with van der Waals surface area (Å²) >= 11 is 0. The van der Waals surface area contributed by atoms with Crippen molar-refractivity contribution in [1.82, 2.24) is 30.0 Å². The second-order valence-corrected chi connectivity index (χ2v) is 7.39. The predicted octanol–water partition coefficient (Wildman–Crippen LogP) is 1.57. The number of carbonyl (C=O) groups excluding carboxylic acids is 1. The van der Waals surface area contributed by atoms with E-state index in [0.717, 1.165) is 41.7 Å². The Kier molecular flexibility index (Phi) is 6.42. The highest BCUT2D eigenvalue weighted by atomic mass is 16.5. The van der Waals surface area contributed by atoms with Crippen LogP contribution >= 0.6 is 0 Å². The first-order valence-electron chi connectivity index (χ1n) is 10.2. The summed E-state index contributed by atoms with van der Waals surface area (Å²) in [5.74, 6) is 2.49. The molecule has 0 bridgehead atoms. The summed E-state index contributed by atoms with van der Waals surface area (Å²) in [4.78, 5) is 16.9. The van der Waals surface area contributed by atoms with Gasteiger partial charge in [0.1, 0.15) is 11.5 Å². The van der Waals surface area contributed by atoms with Crippen LogP contribution in [0.25, 0.3) is 5.69 Å². The Hall–Kier alpha value is -3.46. The Morgan fingerprint density at radius 1 is 0.903 bits per heavy atom. The molecule has 0 radical (unpaired) electrons. The second-order valence-electron chi connectivity index (χ2n) is 7.39. The highest BCUT2D eigenvalue weighted by molar-refractivity contribution is 5.79. The summed E-state index contributed by atoms with van der Waals surface area (Å²) in [6.07, 6.45) is 0.402. The van der Waals surface area contributed by atoms with Gasteiger partial charge in [0.2, 0.25) is 5.91 Å². The Balaban J connectivity index is 1.31. The topological polar surface area (TPSA) is 85.6 Å². The van der Waals surface area contributed by atoms with Gasteiger partial charge >= 0.3 is 0 Å². The fourth-order valence-electron chi connectivity index (χ4n) is 3.61. The molecule has 162 valence electrons. The minimum atomic E-state index is 0.146. The van der Waals surface area contributed by atoms with Crippen molar-refractivity contribution in [1.29, 1.82) is 0 Å². The number of benzene rings is 2. The van der Waals surface area contributed by atoms with Gasteiger partial charge in [-0.2, -0.15) is 4.68 Å². The van der Waals surface area contributed by atoms with Crippen molar-refractivity contribution >= 4 is 5.91 Å². The molecular formula is C22H26N6O3. The smallest absolute Gasteiger partial charge is 0.227 e. The van der Waals surface area contributed by atoms with Crippen molar-refractivity contribution in [3.05, 3.63) is 59.9 Å². The van der Waals surface area contributed by atoms with Gasteiger partial charge in [-0.05, 0) is 52.4 Å². The fourth-order valence-corrected chi connectivity index (χ4v) is 3.61. The zero-order valence-corrected chi connectivity index (χ0v) is 17.8. The van der Waals surface area contributed by atoms with Crippen LogP contribution in [0.5, 0.6) is 11.5 Å². The van der Waals surface area contributed by atoms with Crippen LogP contribution < -0.4 is 9.47 Å². The predicted molar refractivity (Wildman–Crippen MR) is 114 cm³/mol. The number of nitrogens with zero attached hydrogens (tertiary/aromatic N) is 6. The molecule has 0 spiro atoms. The molecule has 1 aliphatic rings. The molecule has 1 amide bonds. The van der Waals surface area contributed by atoms with Gasteiger partial charge in [0.15, 0.2) is 5.82 Å². The number of ether oxygens (including phenoxy) is 2. The van der Waals surface area contributed by atoms with Gasteiger partial charge in [-0.25, -0.2) is 0 Å². The van der Waals surface area contributed by atoms with E-state index in [-0.39, 0.29) is 5.91 Å². The van der Waals surface area contributed by atoms with E-state index >= 15 is 0 Å². The van der Waals surface area contributed by atoms with Gasteiger partial charge in [0.25, 0.3) is 0 Å². The van der Waals surface area contributed by atoms with Crippen LogP contribution in [0.4, 0.5) is 0 Å². The lowest BCUT2D eigenvalue weighted by molar-refractivity contribution is -0.132. The third kappa shape index (κ3) is 5.00. The first-order valence-corrected chi connectivity index (χ1v) is 10.2. The first-order chi connectivity index (χ1) is 15.2. The van der Waals surface area contributed by atoms with Crippen LogP contribution in [0.15, 0.2) is 48.5 Å². The molecule has 2 heterocycles. The van der Waals surface area contributed by atoms with Crippen LogP contribution in [-0.2, 0) is 17.8 Å². The Bertz CT molecular complexity index is 995. The third-order valence-electron chi connectivity index (χ3n) is 5.46. The highest BCUT2D eigenvalue weighted by Gasteiger charge is 2.23. The lowest BCUT2D eigenvalue weighted by atomic mass is 10.1. The standard InChI is InChI=1S/C22H26N6O3/c1-30-19-7-3-17(4-8-19)15-22(29)27-13-11-26(12-14-27)16-21-23-24-25-28(21)18-5-9-20(31-2)10-6-18/h3-10H,11-16H2,1-2H3. The lowest BCUT2D eigenvalue weighted by Gasteiger charge is -2.34. The molecular weight excluding hydrogens is 396 g/mol. The minimum Gasteiger partial charge on any atom is -0.497 e. The Morgan fingerprint density at radius 2 is 1.52 bits per heavy atom. The van der Waals surface area contributed by atoms with Crippen LogP contribution in [0.2, 0.25) is 0 Å². The molecule has 9 heteroatoms. The lowest BCUT2D eigenvalue weighted by Crippen LogP contribution is -2.48. The molecule has 1 fully saturated rings. The van der Waals surface area contributed by atoms with Crippen molar-refractivity contribution in [3.8, 4) is 17.2 Å². The van der Waals surface area contributed by atoms with Gasteiger partial charge in [-0.15, -0.1) is 5.10 Å². The molecule has 31 heavy (non-hydrogen) atoms. The van der Waals surface area contributed by atoms with Crippen LogP contribution in [0.3, 0.4) is 0 Å². The molecule has 2 aromatic carbocycles. The fraction of sp³-hybridized carbons (Fsp3) is 0.364. The van der Waals surface area contributed by atoms with E-state index in [9.17, 15) is 4.79 Å². The van der Waals surface area contributed by atoms with Gasteiger partial charge < -0.3 is 14.4 Å². The second kappa shape index (κ2) is 9.57. The van der Waals surface area contributed by atoms with Crippen LogP contribution in [0.1, 0.15) is 11.4 Å². The van der Waals surface area contributed by atoms with Gasteiger partial charge in [0.05, 0.1) is 32.9 Å². The molecule has 9 nitrogen and oxygen atoms in total. The van der Waals surface area contributed by atoms with Crippen molar-refractivity contribution < 1.29 is 14.3 Å². The minimum absolute atomic E-state index is 0.146. The number of hydrogen-bond donors (Lipinski definition) is 0.